The van der Waals surface area contributed by atoms with Crippen molar-refractivity contribution in [1.82, 2.24) is 4.57 Å². The third-order valence-electron chi connectivity index (χ3n) is 4.78. The number of nitrogens with two attached hydrogens (primary N) is 1. The number of primary amides is 1. The molecule has 1 amide bonds. The van der Waals surface area contributed by atoms with Gasteiger partial charge in [0.25, 0.3) is 5.56 Å². The molecule has 1 aromatic heterocycles. The monoisotopic (exact) mass is 440 g/mol. The molecule has 6 nitrogen and oxygen atoms in total. The van der Waals surface area contributed by atoms with Gasteiger partial charge in [0.1, 0.15) is 5.75 Å². The molecule has 2 N–H and O–H groups in total. The number of carbonyl (C=O) groups is 2. The van der Waals surface area contributed by atoms with E-state index in [2.05, 4.69) is 0 Å². The molecule has 0 spiro atoms. The predicted molar refractivity (Wildman–Crippen MR) is 115 cm³/mol. The Balaban J connectivity index is 1.55. The van der Waals surface area contributed by atoms with Gasteiger partial charge in [-0.2, -0.15) is 0 Å². The Morgan fingerprint density at radius 2 is 1.69 bits per heavy atom. The molecular weight excluding hydrogens is 418 g/mol. The summed E-state index contributed by atoms with van der Waals surface area (Å²) in [7, 11) is 0. The second-order valence-corrected chi connectivity index (χ2v) is 7.27. The molecule has 0 saturated heterocycles. The normalized spacial score (nSPS) is 10.7. The fraction of sp³-hybridized carbons (Fsp3) is 0.208. The van der Waals surface area contributed by atoms with Crippen LogP contribution < -0.4 is 16.0 Å². The van der Waals surface area contributed by atoms with Crippen molar-refractivity contribution in [1.29, 1.82) is 0 Å². The second-order valence-electron chi connectivity index (χ2n) is 7.27. The lowest BCUT2D eigenvalue weighted by Crippen LogP contribution is -2.26. The number of carbonyl (C=O) groups excluding carboxylic acids is 2. The van der Waals surface area contributed by atoms with E-state index in [1.807, 2.05) is 0 Å². The molecule has 0 unspecified atom stereocenters. The van der Waals surface area contributed by atoms with Gasteiger partial charge >= 0.3 is 0 Å². The first-order chi connectivity index (χ1) is 15.3. The molecule has 32 heavy (non-hydrogen) atoms. The topological polar surface area (TPSA) is 91.4 Å². The number of nitrogens with zero attached hydrogens (tertiary/aromatic N) is 1. The average molecular weight is 440 g/mol. The minimum absolute atomic E-state index is 0.0199. The summed E-state index contributed by atoms with van der Waals surface area (Å²) >= 11 is 0. The van der Waals surface area contributed by atoms with Crippen LogP contribution in [0.15, 0.2) is 65.6 Å². The van der Waals surface area contributed by atoms with Crippen LogP contribution in [0.4, 0.5) is 8.78 Å². The van der Waals surface area contributed by atoms with Gasteiger partial charge in [-0.25, -0.2) is 8.78 Å². The summed E-state index contributed by atoms with van der Waals surface area (Å²) in [6.45, 7) is 0.294. The smallest absolute Gasteiger partial charge is 0.261 e. The molecule has 166 valence electrons. The maximum atomic E-state index is 13.4. The number of halogens is 2. The zero-order valence-electron chi connectivity index (χ0n) is 17.2. The molecule has 0 fully saturated rings. The molecule has 1 heterocycles. The third kappa shape index (κ3) is 6.10. The van der Waals surface area contributed by atoms with E-state index in [1.54, 1.807) is 30.3 Å². The van der Waals surface area contributed by atoms with Crippen LogP contribution in [-0.4, -0.2) is 22.9 Å². The lowest BCUT2D eigenvalue weighted by atomic mass is 10.1. The van der Waals surface area contributed by atoms with E-state index in [0.29, 0.717) is 17.7 Å². The van der Waals surface area contributed by atoms with Crippen LogP contribution in [0.2, 0.25) is 0 Å². The lowest BCUT2D eigenvalue weighted by molar-refractivity contribution is -0.117. The number of ether oxygens (including phenoxy) is 1. The van der Waals surface area contributed by atoms with Gasteiger partial charge < -0.3 is 15.0 Å². The van der Waals surface area contributed by atoms with Crippen molar-refractivity contribution < 1.29 is 23.1 Å². The van der Waals surface area contributed by atoms with Gasteiger partial charge in [0.2, 0.25) is 5.91 Å². The van der Waals surface area contributed by atoms with Crippen molar-refractivity contribution in [3.05, 3.63) is 99.5 Å². The van der Waals surface area contributed by atoms with Gasteiger partial charge in [0.15, 0.2) is 17.4 Å². The van der Waals surface area contributed by atoms with Crippen LogP contribution in [-0.2, 0) is 17.8 Å². The van der Waals surface area contributed by atoms with E-state index in [-0.39, 0.29) is 37.3 Å². The van der Waals surface area contributed by atoms with Gasteiger partial charge in [-0.3, -0.25) is 14.4 Å². The predicted octanol–water partition coefficient (Wildman–Crippen LogP) is 3.24. The molecule has 0 bridgehead atoms. The van der Waals surface area contributed by atoms with E-state index in [0.717, 1.165) is 17.7 Å². The number of aromatic nitrogens is 1. The number of rotatable bonds is 10. The SMILES string of the molecule is NC(=O)Cc1ccc(OCCCC(=O)c2cccn(Cc3ccc(F)c(F)c3)c2=O)cc1. The van der Waals surface area contributed by atoms with Crippen molar-refractivity contribution in [3.63, 3.8) is 0 Å². The van der Waals surface area contributed by atoms with E-state index >= 15 is 0 Å². The molecule has 0 atom stereocenters. The molecule has 0 saturated carbocycles. The number of amides is 1. The van der Waals surface area contributed by atoms with Crippen molar-refractivity contribution in [2.75, 3.05) is 6.61 Å². The van der Waals surface area contributed by atoms with Gasteiger partial charge in [0, 0.05) is 12.6 Å². The summed E-state index contributed by atoms with van der Waals surface area (Å²) in [5.41, 5.74) is 5.88. The van der Waals surface area contributed by atoms with E-state index in [4.69, 9.17) is 10.5 Å². The largest absolute Gasteiger partial charge is 0.494 e. The Bertz CT molecular complexity index is 1170. The molecule has 2 aromatic carbocycles. The highest BCUT2D eigenvalue weighted by atomic mass is 19.2. The molecular formula is C24H22F2N2O4. The molecule has 0 radical (unpaired) electrons. The first kappa shape index (κ1) is 22.9. The Morgan fingerprint density at radius 1 is 0.969 bits per heavy atom. The zero-order valence-corrected chi connectivity index (χ0v) is 17.2. The van der Waals surface area contributed by atoms with Gasteiger partial charge in [-0.15, -0.1) is 0 Å². The van der Waals surface area contributed by atoms with E-state index < -0.39 is 23.1 Å². The van der Waals surface area contributed by atoms with E-state index in [9.17, 15) is 23.2 Å². The molecule has 8 heteroatoms. The number of ketones is 1. The number of Topliss-reactive ketones (excluding diaryl/α,β-unsaturated/α-hetero) is 1. The highest BCUT2D eigenvalue weighted by molar-refractivity contribution is 5.95. The number of hydrogen-bond acceptors (Lipinski definition) is 4. The molecule has 0 aliphatic carbocycles. The minimum atomic E-state index is -0.995. The Hall–Kier alpha value is -3.81. The molecule has 0 aliphatic rings. The maximum Gasteiger partial charge on any atom is 0.261 e. The highest BCUT2D eigenvalue weighted by Gasteiger charge is 2.13. The minimum Gasteiger partial charge on any atom is -0.494 e. The van der Waals surface area contributed by atoms with Crippen molar-refractivity contribution in [3.8, 4) is 5.75 Å². The highest BCUT2D eigenvalue weighted by Crippen LogP contribution is 2.14. The molecule has 3 aromatic rings. The Morgan fingerprint density at radius 3 is 2.38 bits per heavy atom. The van der Waals surface area contributed by atoms with Crippen LogP contribution >= 0.6 is 0 Å². The van der Waals surface area contributed by atoms with Gasteiger partial charge in [-0.1, -0.05) is 18.2 Å². The zero-order chi connectivity index (χ0) is 23.1. The first-order valence-corrected chi connectivity index (χ1v) is 10.00. The first-order valence-electron chi connectivity index (χ1n) is 10.00. The summed E-state index contributed by atoms with van der Waals surface area (Å²) in [4.78, 5) is 36.1. The number of pyridine rings is 1. The number of hydrogen-bond donors (Lipinski definition) is 1. The number of benzene rings is 2. The van der Waals surface area contributed by atoms with Crippen LogP contribution in [0.25, 0.3) is 0 Å². The van der Waals surface area contributed by atoms with Gasteiger partial charge in [0.05, 0.1) is 25.1 Å². The summed E-state index contributed by atoms with van der Waals surface area (Å²) < 4.78 is 33.4. The summed E-state index contributed by atoms with van der Waals surface area (Å²) in [5.74, 6) is -2.10. The quantitative estimate of drug-likeness (QED) is 0.387. The average Bonchev–Trinajstić information content (AvgIpc) is 2.76. The van der Waals surface area contributed by atoms with Crippen molar-refractivity contribution in [2.45, 2.75) is 25.8 Å². The summed E-state index contributed by atoms with van der Waals surface area (Å²) in [6.07, 6.45) is 2.16. The van der Waals surface area contributed by atoms with Crippen molar-refractivity contribution in [2.24, 2.45) is 5.73 Å². The molecule has 3 rings (SSSR count). The maximum absolute atomic E-state index is 13.4. The Kier molecular flexibility index (Phi) is 7.49. The lowest BCUT2D eigenvalue weighted by Gasteiger charge is -2.09. The standard InChI is InChI=1S/C24H22F2N2O4/c25-20-10-7-17(13-21(20)26)15-28-11-1-3-19(24(28)31)22(29)4-2-12-32-18-8-5-16(6-9-18)14-23(27)30/h1,3,5-11,13H,2,4,12,14-15H2,(H2,27,30). The van der Waals surface area contributed by atoms with Crippen molar-refractivity contribution >= 4 is 11.7 Å². The van der Waals surface area contributed by atoms with Gasteiger partial charge in [-0.05, 0) is 53.9 Å². The van der Waals surface area contributed by atoms with Crippen LogP contribution in [0.3, 0.4) is 0 Å². The van der Waals surface area contributed by atoms with Crippen LogP contribution in [0.1, 0.15) is 34.3 Å². The summed E-state index contributed by atoms with van der Waals surface area (Å²) in [6, 6.07) is 13.3. The van der Waals surface area contributed by atoms with Crippen LogP contribution in [0.5, 0.6) is 5.75 Å². The fourth-order valence-corrected chi connectivity index (χ4v) is 3.17. The Labute approximate surface area is 183 Å². The summed E-state index contributed by atoms with van der Waals surface area (Å²) in [5, 5.41) is 0. The van der Waals surface area contributed by atoms with Crippen LogP contribution in [0, 0.1) is 11.6 Å². The fourth-order valence-electron chi connectivity index (χ4n) is 3.17. The van der Waals surface area contributed by atoms with E-state index in [1.165, 1.54) is 22.9 Å². The third-order valence-corrected chi connectivity index (χ3v) is 4.78. The molecule has 0 aliphatic heterocycles. The second kappa shape index (κ2) is 10.5.